The minimum Gasteiger partial charge on any atom is -0.117 e. The molecule has 0 aliphatic rings. The zero-order valence-electron chi connectivity index (χ0n) is 9.64. The van der Waals surface area contributed by atoms with Crippen LogP contribution in [-0.4, -0.2) is 0 Å². The van der Waals surface area contributed by atoms with Gasteiger partial charge >= 0.3 is 0 Å². The molecule has 0 N–H and O–H groups in total. The Morgan fingerprint density at radius 1 is 0.789 bits per heavy atom. The molecule has 0 fully saturated rings. The third-order valence-electron chi connectivity index (χ3n) is 2.70. The van der Waals surface area contributed by atoms with Gasteiger partial charge in [0.1, 0.15) is 0 Å². The molecule has 2 aromatic rings. The molecular formula is C14H9Cl5. The first-order chi connectivity index (χ1) is 8.97. The van der Waals surface area contributed by atoms with Crippen molar-refractivity contribution >= 4 is 58.0 Å². The largest absolute Gasteiger partial charge is 0.117 e. The highest BCUT2D eigenvalue weighted by molar-refractivity contribution is 6.42. The van der Waals surface area contributed by atoms with E-state index in [9.17, 15) is 0 Å². The molecule has 0 radical (unpaired) electrons. The van der Waals surface area contributed by atoms with Gasteiger partial charge in [-0.1, -0.05) is 58.5 Å². The van der Waals surface area contributed by atoms with Crippen LogP contribution in [0.1, 0.15) is 16.5 Å². The van der Waals surface area contributed by atoms with Gasteiger partial charge in [0, 0.05) is 10.0 Å². The Morgan fingerprint density at radius 2 is 1.53 bits per heavy atom. The first kappa shape index (κ1) is 15.3. The van der Waals surface area contributed by atoms with E-state index in [-0.39, 0.29) is 5.38 Å². The van der Waals surface area contributed by atoms with Gasteiger partial charge in [0.05, 0.1) is 15.4 Å². The van der Waals surface area contributed by atoms with E-state index in [0.717, 1.165) is 11.1 Å². The fourth-order valence-electron chi connectivity index (χ4n) is 1.74. The van der Waals surface area contributed by atoms with Gasteiger partial charge in [-0.2, -0.15) is 0 Å². The lowest BCUT2D eigenvalue weighted by atomic mass is 10.0. The zero-order valence-corrected chi connectivity index (χ0v) is 13.4. The SMILES string of the molecule is Clc1ccc(C(Cl)Cc2ccc(Cl)c(Cl)c2)c(Cl)c1. The van der Waals surface area contributed by atoms with E-state index < -0.39 is 0 Å². The average molecular weight is 354 g/mol. The first-order valence-corrected chi connectivity index (χ1v) is 7.45. The van der Waals surface area contributed by atoms with Crippen molar-refractivity contribution in [3.8, 4) is 0 Å². The molecule has 1 unspecified atom stereocenters. The van der Waals surface area contributed by atoms with Crippen LogP contribution in [0.2, 0.25) is 20.1 Å². The van der Waals surface area contributed by atoms with Gasteiger partial charge in [0.25, 0.3) is 0 Å². The molecule has 2 rings (SSSR count). The van der Waals surface area contributed by atoms with Crippen LogP contribution in [0.3, 0.4) is 0 Å². The lowest BCUT2D eigenvalue weighted by Gasteiger charge is -2.12. The lowest BCUT2D eigenvalue weighted by molar-refractivity contribution is 0.920. The van der Waals surface area contributed by atoms with Crippen molar-refractivity contribution in [3.05, 3.63) is 67.6 Å². The molecule has 100 valence electrons. The van der Waals surface area contributed by atoms with Crippen molar-refractivity contribution < 1.29 is 0 Å². The van der Waals surface area contributed by atoms with Crippen molar-refractivity contribution in [3.63, 3.8) is 0 Å². The number of halogens is 5. The Hall–Kier alpha value is -0.110. The van der Waals surface area contributed by atoms with Crippen LogP contribution >= 0.6 is 58.0 Å². The Morgan fingerprint density at radius 3 is 2.16 bits per heavy atom. The topological polar surface area (TPSA) is 0 Å². The normalized spacial score (nSPS) is 12.5. The fourth-order valence-corrected chi connectivity index (χ4v) is 3.02. The lowest BCUT2D eigenvalue weighted by Crippen LogP contribution is -1.97. The van der Waals surface area contributed by atoms with Crippen LogP contribution in [0.5, 0.6) is 0 Å². The van der Waals surface area contributed by atoms with Gasteiger partial charge in [0.15, 0.2) is 0 Å². The summed E-state index contributed by atoms with van der Waals surface area (Å²) in [6.07, 6.45) is 0.611. The van der Waals surface area contributed by atoms with Crippen molar-refractivity contribution in [2.24, 2.45) is 0 Å². The van der Waals surface area contributed by atoms with Crippen molar-refractivity contribution in [2.75, 3.05) is 0 Å². The smallest absolute Gasteiger partial charge is 0.0640 e. The summed E-state index contributed by atoms with van der Waals surface area (Å²) >= 11 is 30.2. The molecule has 2 aromatic carbocycles. The van der Waals surface area contributed by atoms with Gasteiger partial charge < -0.3 is 0 Å². The predicted octanol–water partition coefficient (Wildman–Crippen LogP) is 6.82. The van der Waals surface area contributed by atoms with Gasteiger partial charge in [-0.05, 0) is 41.8 Å². The molecule has 0 aliphatic heterocycles. The molecule has 0 bridgehead atoms. The maximum absolute atomic E-state index is 6.39. The molecular weight excluding hydrogens is 345 g/mol. The molecule has 0 nitrogen and oxygen atoms in total. The summed E-state index contributed by atoms with van der Waals surface area (Å²) in [6, 6.07) is 10.7. The number of rotatable bonds is 3. The highest BCUT2D eigenvalue weighted by atomic mass is 35.5. The molecule has 5 heteroatoms. The quantitative estimate of drug-likeness (QED) is 0.530. The number of benzene rings is 2. The Labute approximate surface area is 137 Å². The standard InChI is InChI=1S/C14H9Cl5/c15-9-2-3-10(13(18)7-9)12(17)5-8-1-4-11(16)14(19)6-8/h1-4,6-7,12H,5H2. The van der Waals surface area contributed by atoms with Crippen molar-refractivity contribution in [1.82, 2.24) is 0 Å². The first-order valence-electron chi connectivity index (χ1n) is 5.50. The van der Waals surface area contributed by atoms with Crippen LogP contribution in [-0.2, 0) is 6.42 Å². The van der Waals surface area contributed by atoms with Gasteiger partial charge in [-0.3, -0.25) is 0 Å². The van der Waals surface area contributed by atoms with Gasteiger partial charge in [0.2, 0.25) is 0 Å². The van der Waals surface area contributed by atoms with E-state index in [2.05, 4.69) is 0 Å². The minimum absolute atomic E-state index is 0.248. The van der Waals surface area contributed by atoms with Crippen LogP contribution < -0.4 is 0 Å². The molecule has 0 saturated heterocycles. The highest BCUT2D eigenvalue weighted by Gasteiger charge is 2.13. The van der Waals surface area contributed by atoms with Gasteiger partial charge in [-0.25, -0.2) is 0 Å². The van der Waals surface area contributed by atoms with Crippen molar-refractivity contribution in [2.45, 2.75) is 11.8 Å². The second kappa shape index (κ2) is 6.56. The highest BCUT2D eigenvalue weighted by Crippen LogP contribution is 2.33. The summed E-state index contributed by atoms with van der Waals surface area (Å²) < 4.78 is 0. The zero-order chi connectivity index (χ0) is 14.0. The van der Waals surface area contributed by atoms with E-state index in [1.807, 2.05) is 18.2 Å². The Kier molecular flexibility index (Phi) is 5.28. The summed E-state index contributed by atoms with van der Waals surface area (Å²) in [5.74, 6) is 0. The number of alkyl halides is 1. The average Bonchev–Trinajstić information content (AvgIpc) is 2.33. The third-order valence-corrected chi connectivity index (χ3v) is 4.39. The number of hydrogen-bond donors (Lipinski definition) is 0. The summed E-state index contributed by atoms with van der Waals surface area (Å²) in [5, 5.41) is 1.95. The maximum atomic E-state index is 6.39. The van der Waals surface area contributed by atoms with E-state index in [1.54, 1.807) is 18.2 Å². The van der Waals surface area contributed by atoms with E-state index >= 15 is 0 Å². The van der Waals surface area contributed by atoms with Crippen LogP contribution in [0.15, 0.2) is 36.4 Å². The van der Waals surface area contributed by atoms with Crippen LogP contribution in [0.25, 0.3) is 0 Å². The predicted molar refractivity (Wildman–Crippen MR) is 85.2 cm³/mol. The molecule has 19 heavy (non-hydrogen) atoms. The minimum atomic E-state index is -0.248. The van der Waals surface area contributed by atoms with E-state index in [1.165, 1.54) is 0 Å². The summed E-state index contributed by atoms with van der Waals surface area (Å²) in [6.45, 7) is 0. The molecule has 0 aromatic heterocycles. The van der Waals surface area contributed by atoms with Crippen LogP contribution in [0, 0.1) is 0 Å². The monoisotopic (exact) mass is 352 g/mol. The van der Waals surface area contributed by atoms with Crippen LogP contribution in [0.4, 0.5) is 0 Å². The molecule has 1 atom stereocenters. The third kappa shape index (κ3) is 3.93. The Bertz CT molecular complexity index is 594. The van der Waals surface area contributed by atoms with Crippen molar-refractivity contribution in [1.29, 1.82) is 0 Å². The molecule has 0 spiro atoms. The molecule has 0 saturated carbocycles. The van der Waals surface area contributed by atoms with E-state index in [4.69, 9.17) is 58.0 Å². The second-order valence-corrected chi connectivity index (χ2v) is 6.27. The maximum Gasteiger partial charge on any atom is 0.0640 e. The molecule has 0 heterocycles. The second-order valence-electron chi connectivity index (χ2n) is 4.09. The molecule has 0 amide bonds. The van der Waals surface area contributed by atoms with Gasteiger partial charge in [-0.15, -0.1) is 11.6 Å². The summed E-state index contributed by atoms with van der Waals surface area (Å²) in [5.41, 5.74) is 1.85. The number of hydrogen-bond acceptors (Lipinski definition) is 0. The Balaban J connectivity index is 2.20. The summed E-state index contributed by atoms with van der Waals surface area (Å²) in [7, 11) is 0. The van der Waals surface area contributed by atoms with E-state index in [0.29, 0.717) is 26.5 Å². The summed E-state index contributed by atoms with van der Waals surface area (Å²) in [4.78, 5) is 0. The molecule has 0 aliphatic carbocycles. The fraction of sp³-hybridized carbons (Fsp3) is 0.143.